The number of aromatic nitrogens is 1. The number of nitrogens with one attached hydrogen (secondary N) is 1. The Balaban J connectivity index is 1.92. The summed E-state index contributed by atoms with van der Waals surface area (Å²) >= 11 is 4.66. The van der Waals surface area contributed by atoms with Crippen molar-refractivity contribution in [3.63, 3.8) is 0 Å². The minimum absolute atomic E-state index is 0.131. The monoisotopic (exact) mass is 325 g/mol. The van der Waals surface area contributed by atoms with E-state index in [9.17, 15) is 4.79 Å². The molecule has 0 aliphatic heterocycles. The Morgan fingerprint density at radius 1 is 1.44 bits per heavy atom. The Kier molecular flexibility index (Phi) is 4.46. The van der Waals surface area contributed by atoms with E-state index in [0.29, 0.717) is 5.13 Å². The number of nitrogens with two attached hydrogens (primary N) is 1. The predicted molar refractivity (Wildman–Crippen MR) is 76.4 cm³/mol. The normalized spacial score (nSPS) is 12.1. The molecule has 1 atom stereocenters. The van der Waals surface area contributed by atoms with Gasteiger partial charge in [0.15, 0.2) is 5.13 Å². The first-order valence-electron chi connectivity index (χ1n) is 5.37. The highest BCUT2D eigenvalue weighted by Crippen LogP contribution is 2.23. The standard InChI is InChI=1S/C12H12BrN3OS/c13-10-7-15-12(18-10)16-11(17)6-9(14)8-4-2-1-3-5-8/h1-5,7,9H,6,14H2,(H,15,16,17). The summed E-state index contributed by atoms with van der Waals surface area (Å²) in [5, 5.41) is 3.30. The number of hydrogen-bond donors (Lipinski definition) is 2. The summed E-state index contributed by atoms with van der Waals surface area (Å²) in [7, 11) is 0. The minimum atomic E-state index is -0.297. The van der Waals surface area contributed by atoms with Crippen LogP contribution in [0.1, 0.15) is 18.0 Å². The first kappa shape index (κ1) is 13.2. The number of carbonyl (C=O) groups is 1. The number of thiazole rings is 1. The maximum Gasteiger partial charge on any atom is 0.228 e. The summed E-state index contributed by atoms with van der Waals surface area (Å²) in [6.07, 6.45) is 1.89. The van der Waals surface area contributed by atoms with Crippen LogP contribution in [0.4, 0.5) is 5.13 Å². The highest BCUT2D eigenvalue weighted by molar-refractivity contribution is 9.11. The van der Waals surface area contributed by atoms with Gasteiger partial charge in [-0.2, -0.15) is 0 Å². The second-order valence-corrected chi connectivity index (χ2v) is 6.15. The Bertz CT molecular complexity index is 529. The number of hydrogen-bond acceptors (Lipinski definition) is 4. The summed E-state index contributed by atoms with van der Waals surface area (Å²) < 4.78 is 0.880. The molecule has 1 amide bonds. The van der Waals surface area contributed by atoms with Crippen LogP contribution in [0.5, 0.6) is 0 Å². The molecule has 2 rings (SSSR count). The largest absolute Gasteiger partial charge is 0.324 e. The zero-order chi connectivity index (χ0) is 13.0. The number of nitrogens with zero attached hydrogens (tertiary/aromatic N) is 1. The van der Waals surface area contributed by atoms with Crippen molar-refractivity contribution in [2.45, 2.75) is 12.5 Å². The molecule has 0 aliphatic carbocycles. The summed E-state index contributed by atoms with van der Waals surface area (Å²) in [4.78, 5) is 15.8. The Hall–Kier alpha value is -1.24. The van der Waals surface area contributed by atoms with E-state index in [1.54, 1.807) is 6.20 Å². The number of anilines is 1. The Morgan fingerprint density at radius 2 is 2.17 bits per heavy atom. The lowest BCUT2D eigenvalue weighted by Gasteiger charge is -2.10. The molecule has 1 aromatic carbocycles. The van der Waals surface area contributed by atoms with Gasteiger partial charge in [-0.05, 0) is 21.5 Å². The maximum absolute atomic E-state index is 11.8. The van der Waals surface area contributed by atoms with Crippen molar-refractivity contribution in [1.82, 2.24) is 4.98 Å². The van der Waals surface area contributed by atoms with Crippen LogP contribution in [0, 0.1) is 0 Å². The third kappa shape index (κ3) is 3.63. The van der Waals surface area contributed by atoms with Crippen LogP contribution in [0.15, 0.2) is 40.3 Å². The molecule has 0 saturated heterocycles. The number of amides is 1. The Morgan fingerprint density at radius 3 is 2.78 bits per heavy atom. The average Bonchev–Trinajstić information content (AvgIpc) is 2.75. The van der Waals surface area contributed by atoms with Crippen molar-refractivity contribution in [3.8, 4) is 0 Å². The van der Waals surface area contributed by atoms with Gasteiger partial charge in [-0.15, -0.1) is 0 Å². The van der Waals surface area contributed by atoms with Gasteiger partial charge in [-0.1, -0.05) is 41.7 Å². The summed E-state index contributed by atoms with van der Waals surface area (Å²) in [5.41, 5.74) is 6.92. The minimum Gasteiger partial charge on any atom is -0.324 e. The molecule has 1 aromatic heterocycles. The SMILES string of the molecule is NC(CC(=O)Nc1ncc(Br)s1)c1ccccc1. The molecule has 4 nitrogen and oxygen atoms in total. The highest BCUT2D eigenvalue weighted by Gasteiger charge is 2.12. The molecule has 1 unspecified atom stereocenters. The van der Waals surface area contributed by atoms with E-state index in [1.165, 1.54) is 11.3 Å². The lowest BCUT2D eigenvalue weighted by atomic mass is 10.0. The Labute approximate surface area is 117 Å². The molecule has 0 saturated carbocycles. The van der Waals surface area contributed by atoms with Crippen LogP contribution in [0.25, 0.3) is 0 Å². The molecule has 1 heterocycles. The molecule has 18 heavy (non-hydrogen) atoms. The quantitative estimate of drug-likeness (QED) is 0.908. The van der Waals surface area contributed by atoms with Crippen LogP contribution < -0.4 is 11.1 Å². The first-order valence-corrected chi connectivity index (χ1v) is 6.98. The van der Waals surface area contributed by atoms with E-state index < -0.39 is 0 Å². The molecule has 0 bridgehead atoms. The number of rotatable bonds is 4. The van der Waals surface area contributed by atoms with Crippen LogP contribution in [0.2, 0.25) is 0 Å². The van der Waals surface area contributed by atoms with E-state index in [1.807, 2.05) is 30.3 Å². The third-order valence-electron chi connectivity index (χ3n) is 2.36. The maximum atomic E-state index is 11.8. The van der Waals surface area contributed by atoms with Crippen molar-refractivity contribution >= 4 is 38.3 Å². The second-order valence-electron chi connectivity index (χ2n) is 3.74. The fourth-order valence-corrected chi connectivity index (χ4v) is 2.62. The lowest BCUT2D eigenvalue weighted by Crippen LogP contribution is -2.20. The molecule has 6 heteroatoms. The predicted octanol–water partition coefficient (Wildman–Crippen LogP) is 2.93. The van der Waals surface area contributed by atoms with E-state index in [0.717, 1.165) is 9.35 Å². The number of halogens is 1. The van der Waals surface area contributed by atoms with Gasteiger partial charge in [-0.25, -0.2) is 4.98 Å². The molecule has 0 radical (unpaired) electrons. The van der Waals surface area contributed by atoms with Crippen molar-refractivity contribution in [3.05, 3.63) is 45.9 Å². The highest BCUT2D eigenvalue weighted by atomic mass is 79.9. The number of carbonyl (C=O) groups excluding carboxylic acids is 1. The zero-order valence-electron chi connectivity index (χ0n) is 9.47. The van der Waals surface area contributed by atoms with E-state index in [2.05, 4.69) is 26.2 Å². The van der Waals surface area contributed by atoms with Crippen LogP contribution in [0.3, 0.4) is 0 Å². The molecular formula is C12H12BrN3OS. The molecule has 0 spiro atoms. The summed E-state index contributed by atoms with van der Waals surface area (Å²) in [6.45, 7) is 0. The zero-order valence-corrected chi connectivity index (χ0v) is 11.9. The molecule has 94 valence electrons. The van der Waals surface area contributed by atoms with Crippen molar-refractivity contribution in [2.24, 2.45) is 5.73 Å². The average molecular weight is 326 g/mol. The van der Waals surface area contributed by atoms with Gasteiger partial charge in [0.25, 0.3) is 0 Å². The van der Waals surface area contributed by atoms with E-state index in [-0.39, 0.29) is 18.4 Å². The van der Waals surface area contributed by atoms with Crippen LogP contribution >= 0.6 is 27.3 Å². The van der Waals surface area contributed by atoms with Gasteiger partial charge in [-0.3, -0.25) is 4.79 Å². The van der Waals surface area contributed by atoms with Crippen LogP contribution in [-0.4, -0.2) is 10.9 Å². The molecule has 0 aliphatic rings. The lowest BCUT2D eigenvalue weighted by molar-refractivity contribution is -0.116. The third-order valence-corrected chi connectivity index (χ3v) is 3.75. The summed E-state index contributed by atoms with van der Waals surface area (Å²) in [6, 6.07) is 9.27. The van der Waals surface area contributed by atoms with Crippen molar-refractivity contribution in [2.75, 3.05) is 5.32 Å². The molecular weight excluding hydrogens is 314 g/mol. The smallest absolute Gasteiger partial charge is 0.228 e. The fourth-order valence-electron chi connectivity index (χ4n) is 1.50. The van der Waals surface area contributed by atoms with Gasteiger partial charge < -0.3 is 11.1 Å². The first-order chi connectivity index (χ1) is 8.65. The molecule has 0 fully saturated rings. The summed E-state index contributed by atoms with van der Waals surface area (Å²) in [5.74, 6) is -0.131. The van der Waals surface area contributed by atoms with Crippen molar-refractivity contribution < 1.29 is 4.79 Å². The van der Waals surface area contributed by atoms with Gasteiger partial charge in [0.2, 0.25) is 5.91 Å². The van der Waals surface area contributed by atoms with Gasteiger partial charge in [0, 0.05) is 12.5 Å². The number of benzene rings is 1. The van der Waals surface area contributed by atoms with Gasteiger partial charge in [0.05, 0.1) is 9.98 Å². The van der Waals surface area contributed by atoms with Crippen molar-refractivity contribution in [1.29, 1.82) is 0 Å². The molecule has 2 aromatic rings. The van der Waals surface area contributed by atoms with E-state index in [4.69, 9.17) is 5.73 Å². The second kappa shape index (κ2) is 6.08. The van der Waals surface area contributed by atoms with Gasteiger partial charge in [0.1, 0.15) is 0 Å². The topological polar surface area (TPSA) is 68.0 Å². The molecule has 3 N–H and O–H groups in total. The fraction of sp³-hybridized carbons (Fsp3) is 0.167. The van der Waals surface area contributed by atoms with E-state index >= 15 is 0 Å². The van der Waals surface area contributed by atoms with Gasteiger partial charge >= 0.3 is 0 Å². The van der Waals surface area contributed by atoms with Crippen LogP contribution in [-0.2, 0) is 4.79 Å².